The van der Waals surface area contributed by atoms with Crippen LogP contribution in [0.25, 0.3) is 27.9 Å². The summed E-state index contributed by atoms with van der Waals surface area (Å²) in [6.45, 7) is 4.10. The van der Waals surface area contributed by atoms with Crippen molar-refractivity contribution < 1.29 is 18.7 Å². The molecule has 7 heteroatoms. The number of benzene rings is 2. The first-order valence-corrected chi connectivity index (χ1v) is 9.45. The van der Waals surface area contributed by atoms with Gasteiger partial charge in [-0.2, -0.15) is 5.10 Å². The van der Waals surface area contributed by atoms with Gasteiger partial charge in [-0.1, -0.05) is 0 Å². The molecular weight excluding hydrogens is 384 g/mol. The molecular formula is C23H20N2O5. The number of aldehydes is 1. The molecule has 0 spiro atoms. The SMILES string of the molecule is CCOc1ccc2c(C)cc(=O)oc2c1-c1nn(-c2ccc(OC)cc2)cc1C=O. The third kappa shape index (κ3) is 3.34. The first-order valence-electron chi connectivity index (χ1n) is 9.45. The Hall–Kier alpha value is -3.87. The van der Waals surface area contributed by atoms with Crippen LogP contribution >= 0.6 is 0 Å². The molecule has 0 unspecified atom stereocenters. The van der Waals surface area contributed by atoms with Crippen molar-refractivity contribution in [1.29, 1.82) is 0 Å². The molecule has 0 aliphatic rings. The lowest BCUT2D eigenvalue weighted by Crippen LogP contribution is -2.02. The summed E-state index contributed by atoms with van der Waals surface area (Å²) in [5, 5.41) is 5.39. The van der Waals surface area contributed by atoms with Gasteiger partial charge in [0.15, 0.2) is 11.9 Å². The lowest BCUT2D eigenvalue weighted by Gasteiger charge is -2.12. The molecule has 2 heterocycles. The number of carbonyl (C=O) groups is 1. The van der Waals surface area contributed by atoms with E-state index in [1.165, 1.54) is 6.07 Å². The van der Waals surface area contributed by atoms with Crippen LogP contribution < -0.4 is 15.1 Å². The number of aryl methyl sites for hydroxylation is 1. The van der Waals surface area contributed by atoms with Crippen molar-refractivity contribution in [2.24, 2.45) is 0 Å². The Morgan fingerprint density at radius 1 is 1.17 bits per heavy atom. The predicted octanol–water partition coefficient (Wildman–Crippen LogP) is 4.17. The van der Waals surface area contributed by atoms with Gasteiger partial charge in [0.05, 0.1) is 30.5 Å². The molecule has 0 bridgehead atoms. The molecule has 0 aliphatic heterocycles. The Labute approximate surface area is 172 Å². The molecule has 30 heavy (non-hydrogen) atoms. The van der Waals surface area contributed by atoms with Crippen molar-refractivity contribution in [3.05, 3.63) is 70.2 Å². The van der Waals surface area contributed by atoms with Crippen LogP contribution in [0.15, 0.2) is 57.9 Å². The van der Waals surface area contributed by atoms with E-state index in [0.29, 0.717) is 40.5 Å². The molecule has 0 aliphatic carbocycles. The predicted molar refractivity (Wildman–Crippen MR) is 113 cm³/mol. The first kappa shape index (κ1) is 19.4. The van der Waals surface area contributed by atoms with E-state index in [4.69, 9.17) is 13.9 Å². The number of hydrogen-bond donors (Lipinski definition) is 0. The summed E-state index contributed by atoms with van der Waals surface area (Å²) in [5.41, 5.74) is 2.59. The number of carbonyl (C=O) groups excluding carboxylic acids is 1. The topological polar surface area (TPSA) is 83.6 Å². The fourth-order valence-electron chi connectivity index (χ4n) is 3.40. The van der Waals surface area contributed by atoms with E-state index >= 15 is 0 Å². The van der Waals surface area contributed by atoms with Gasteiger partial charge in [0.25, 0.3) is 0 Å². The van der Waals surface area contributed by atoms with E-state index in [1.54, 1.807) is 24.1 Å². The average molecular weight is 404 g/mol. The van der Waals surface area contributed by atoms with Gasteiger partial charge in [-0.25, -0.2) is 9.48 Å². The largest absolute Gasteiger partial charge is 0.497 e. The first-order chi connectivity index (χ1) is 14.5. The highest BCUT2D eigenvalue weighted by atomic mass is 16.5. The second kappa shape index (κ2) is 7.87. The number of ether oxygens (including phenoxy) is 2. The zero-order chi connectivity index (χ0) is 21.3. The van der Waals surface area contributed by atoms with Crippen molar-refractivity contribution in [2.45, 2.75) is 13.8 Å². The second-order valence-corrected chi connectivity index (χ2v) is 6.69. The van der Waals surface area contributed by atoms with E-state index in [2.05, 4.69) is 5.10 Å². The standard InChI is InChI=1S/C23H20N2O5/c1-4-29-19-10-9-18-14(2)11-20(27)30-23(18)21(19)22-15(13-26)12-25(24-22)16-5-7-17(28-3)8-6-16/h5-13H,4H2,1-3H3. The molecule has 0 saturated heterocycles. The average Bonchev–Trinajstić information content (AvgIpc) is 3.17. The Morgan fingerprint density at radius 3 is 2.60 bits per heavy atom. The van der Waals surface area contributed by atoms with Crippen molar-refractivity contribution in [3.8, 4) is 28.4 Å². The monoisotopic (exact) mass is 404 g/mol. The van der Waals surface area contributed by atoms with E-state index < -0.39 is 5.63 Å². The molecule has 0 atom stereocenters. The number of rotatable bonds is 6. The number of hydrogen-bond acceptors (Lipinski definition) is 6. The Morgan fingerprint density at radius 2 is 1.93 bits per heavy atom. The summed E-state index contributed by atoms with van der Waals surface area (Å²) in [5.74, 6) is 1.20. The van der Waals surface area contributed by atoms with Crippen LogP contribution in [0, 0.1) is 6.92 Å². The van der Waals surface area contributed by atoms with E-state index in [0.717, 1.165) is 22.9 Å². The van der Waals surface area contributed by atoms with Gasteiger partial charge in [-0.15, -0.1) is 0 Å². The van der Waals surface area contributed by atoms with Crippen LogP contribution in [0.2, 0.25) is 0 Å². The van der Waals surface area contributed by atoms with E-state index in [-0.39, 0.29) is 0 Å². The highest BCUT2D eigenvalue weighted by Crippen LogP contribution is 2.38. The molecule has 2 aromatic heterocycles. The molecule has 0 N–H and O–H groups in total. The molecule has 4 rings (SSSR count). The minimum atomic E-state index is -0.475. The molecule has 7 nitrogen and oxygen atoms in total. The van der Waals surface area contributed by atoms with Crippen molar-refractivity contribution in [2.75, 3.05) is 13.7 Å². The van der Waals surface area contributed by atoms with Crippen LogP contribution in [0.5, 0.6) is 11.5 Å². The maximum absolute atomic E-state index is 12.1. The molecule has 0 amide bonds. The van der Waals surface area contributed by atoms with Gasteiger partial charge in [-0.05, 0) is 55.8 Å². The molecule has 0 fully saturated rings. The quantitative estimate of drug-likeness (QED) is 0.354. The Bertz CT molecular complexity index is 1290. The number of methoxy groups -OCH3 is 1. The highest BCUT2D eigenvalue weighted by molar-refractivity contribution is 6.00. The van der Waals surface area contributed by atoms with Gasteiger partial charge >= 0.3 is 5.63 Å². The van der Waals surface area contributed by atoms with Crippen LogP contribution in [-0.2, 0) is 0 Å². The Kier molecular flexibility index (Phi) is 5.10. The summed E-state index contributed by atoms with van der Waals surface area (Å²) >= 11 is 0. The third-order valence-electron chi connectivity index (χ3n) is 4.82. The summed E-state index contributed by atoms with van der Waals surface area (Å²) in [4.78, 5) is 24.0. The van der Waals surface area contributed by atoms with Gasteiger partial charge < -0.3 is 13.9 Å². The second-order valence-electron chi connectivity index (χ2n) is 6.69. The molecule has 2 aromatic carbocycles. The molecule has 0 radical (unpaired) electrons. The summed E-state index contributed by atoms with van der Waals surface area (Å²) in [6.07, 6.45) is 2.36. The van der Waals surface area contributed by atoms with E-state index in [9.17, 15) is 9.59 Å². The minimum Gasteiger partial charge on any atom is -0.497 e. The van der Waals surface area contributed by atoms with Gasteiger partial charge in [0.1, 0.15) is 17.2 Å². The van der Waals surface area contributed by atoms with Gasteiger partial charge in [-0.3, -0.25) is 4.79 Å². The normalized spacial score (nSPS) is 10.9. The third-order valence-corrected chi connectivity index (χ3v) is 4.82. The summed E-state index contributed by atoms with van der Waals surface area (Å²) in [7, 11) is 1.59. The maximum Gasteiger partial charge on any atom is 0.336 e. The van der Waals surface area contributed by atoms with Crippen LogP contribution in [0.3, 0.4) is 0 Å². The van der Waals surface area contributed by atoms with Gasteiger partial charge in [0.2, 0.25) is 0 Å². The van der Waals surface area contributed by atoms with Crippen molar-refractivity contribution in [3.63, 3.8) is 0 Å². The molecule has 152 valence electrons. The highest BCUT2D eigenvalue weighted by Gasteiger charge is 2.22. The van der Waals surface area contributed by atoms with Crippen molar-refractivity contribution >= 4 is 17.3 Å². The van der Waals surface area contributed by atoms with Gasteiger partial charge in [0, 0.05) is 17.6 Å². The Balaban J connectivity index is 1.99. The maximum atomic E-state index is 12.1. The molecule has 4 aromatic rings. The number of fused-ring (bicyclic) bond motifs is 1. The van der Waals surface area contributed by atoms with Crippen molar-refractivity contribution in [1.82, 2.24) is 9.78 Å². The zero-order valence-electron chi connectivity index (χ0n) is 16.8. The lowest BCUT2D eigenvalue weighted by atomic mass is 10.0. The fraction of sp³-hybridized carbons (Fsp3) is 0.174. The summed E-state index contributed by atoms with van der Waals surface area (Å²) in [6, 6.07) is 12.4. The summed E-state index contributed by atoms with van der Waals surface area (Å²) < 4.78 is 18.1. The van der Waals surface area contributed by atoms with Crippen LogP contribution in [0.1, 0.15) is 22.8 Å². The van der Waals surface area contributed by atoms with Crippen LogP contribution in [-0.4, -0.2) is 29.8 Å². The zero-order valence-corrected chi connectivity index (χ0v) is 16.8. The van der Waals surface area contributed by atoms with E-state index in [1.807, 2.05) is 44.2 Å². The lowest BCUT2D eigenvalue weighted by molar-refractivity contribution is 0.112. The number of aromatic nitrogens is 2. The smallest absolute Gasteiger partial charge is 0.336 e. The minimum absolute atomic E-state index is 0.342. The fourth-order valence-corrected chi connectivity index (χ4v) is 3.40. The number of nitrogens with zero attached hydrogens (tertiary/aromatic N) is 2. The van der Waals surface area contributed by atoms with Crippen LogP contribution in [0.4, 0.5) is 0 Å². The molecule has 0 saturated carbocycles.